The quantitative estimate of drug-likeness (QED) is 0.101. The Labute approximate surface area is 276 Å². The van der Waals surface area contributed by atoms with Crippen LogP contribution in [0.15, 0.2) is 75.6 Å². The van der Waals surface area contributed by atoms with E-state index in [0.29, 0.717) is 28.4 Å². The van der Waals surface area contributed by atoms with E-state index in [2.05, 4.69) is 37.6 Å². The number of likely N-dealkylation sites (tertiary alicyclic amines) is 1. The normalized spacial score (nSPS) is 13.6. The van der Waals surface area contributed by atoms with Crippen LogP contribution in [0.5, 0.6) is 5.75 Å². The molecule has 1 aliphatic rings. The van der Waals surface area contributed by atoms with Crippen LogP contribution < -0.4 is 20.3 Å². The van der Waals surface area contributed by atoms with E-state index in [0.717, 1.165) is 55.3 Å². The number of H-pyrrole nitrogens is 1. The van der Waals surface area contributed by atoms with Crippen molar-refractivity contribution in [1.82, 2.24) is 30.4 Å². The molecule has 1 fully saturated rings. The minimum Gasteiger partial charge on any atom is -0.490 e. The number of rotatable bonds is 17. The second kappa shape index (κ2) is 16.3. The van der Waals surface area contributed by atoms with Crippen LogP contribution in [0, 0.1) is 6.92 Å². The largest absolute Gasteiger partial charge is 0.490 e. The number of aryl methyl sites for hydroxylation is 1. The van der Waals surface area contributed by atoms with Crippen molar-refractivity contribution >= 4 is 39.1 Å². The number of methoxy groups -OCH3 is 1. The van der Waals surface area contributed by atoms with Crippen LogP contribution in [0.3, 0.4) is 0 Å². The van der Waals surface area contributed by atoms with Gasteiger partial charge in [0, 0.05) is 49.4 Å². The molecule has 5 rings (SSSR count). The van der Waals surface area contributed by atoms with Gasteiger partial charge in [0.05, 0.1) is 17.8 Å². The molecule has 11 nitrogen and oxygen atoms in total. The van der Waals surface area contributed by atoms with Crippen molar-refractivity contribution < 1.29 is 13.2 Å². The lowest BCUT2D eigenvalue weighted by atomic mass is 10.2. The van der Waals surface area contributed by atoms with E-state index >= 15 is 0 Å². The molecule has 2 aromatic carbocycles. The average molecular weight is 665 g/mol. The summed E-state index contributed by atoms with van der Waals surface area (Å²) in [6.45, 7) is 10.8. The van der Waals surface area contributed by atoms with Crippen LogP contribution in [0.1, 0.15) is 37.4 Å². The highest BCUT2D eigenvalue weighted by Gasteiger charge is 2.22. The summed E-state index contributed by atoms with van der Waals surface area (Å²) < 4.78 is 32.0. The van der Waals surface area contributed by atoms with Gasteiger partial charge in [0.1, 0.15) is 0 Å². The maximum absolute atomic E-state index is 13.1. The van der Waals surface area contributed by atoms with E-state index in [1.54, 1.807) is 31.4 Å². The summed E-state index contributed by atoms with van der Waals surface area (Å²) in [5.74, 6) is 2.31. The summed E-state index contributed by atoms with van der Waals surface area (Å²) >= 11 is 1.37. The Hall–Kier alpha value is -3.65. The predicted molar refractivity (Wildman–Crippen MR) is 184 cm³/mol. The van der Waals surface area contributed by atoms with Crippen LogP contribution in [-0.2, 0) is 15.6 Å². The number of anilines is 3. The van der Waals surface area contributed by atoms with Crippen molar-refractivity contribution in [2.75, 3.05) is 63.1 Å². The lowest BCUT2D eigenvalue weighted by Crippen LogP contribution is -2.37. The molecule has 0 radical (unpaired) electrons. The third-order valence-electron chi connectivity index (χ3n) is 7.73. The van der Waals surface area contributed by atoms with Gasteiger partial charge in [-0.1, -0.05) is 37.3 Å². The Morgan fingerprint density at radius 1 is 1.02 bits per heavy atom. The number of hydrogen-bond acceptors (Lipinski definition) is 11. The molecule has 0 amide bonds. The fraction of sp³-hybridized carbons (Fsp3) is 0.424. The van der Waals surface area contributed by atoms with E-state index in [1.165, 1.54) is 37.7 Å². The van der Waals surface area contributed by atoms with Crippen LogP contribution in [-0.4, -0.2) is 86.4 Å². The molecular weight excluding hydrogens is 621 g/mol. The van der Waals surface area contributed by atoms with Gasteiger partial charge in [0.2, 0.25) is 5.75 Å². The van der Waals surface area contributed by atoms with Crippen molar-refractivity contribution in [3.63, 3.8) is 0 Å². The highest BCUT2D eigenvalue weighted by molar-refractivity contribution is 7.99. The summed E-state index contributed by atoms with van der Waals surface area (Å²) in [4.78, 5) is 15.6. The molecule has 0 spiro atoms. The molecule has 46 heavy (non-hydrogen) atoms. The molecule has 13 heteroatoms. The van der Waals surface area contributed by atoms with Gasteiger partial charge in [-0.2, -0.15) is 5.10 Å². The van der Waals surface area contributed by atoms with Gasteiger partial charge < -0.3 is 25.2 Å². The third kappa shape index (κ3) is 9.21. The summed E-state index contributed by atoms with van der Waals surface area (Å²) in [6.07, 6.45) is 3.53. The van der Waals surface area contributed by atoms with Gasteiger partial charge in [-0.05, 0) is 80.9 Å². The number of nitrogens with one attached hydrogen (secondary N) is 3. The first-order valence-electron chi connectivity index (χ1n) is 15.8. The zero-order valence-electron chi connectivity index (χ0n) is 26.8. The molecule has 0 atom stereocenters. The molecule has 0 saturated carbocycles. The van der Waals surface area contributed by atoms with E-state index in [-0.39, 0.29) is 10.6 Å². The second-order valence-corrected chi connectivity index (χ2v) is 14.4. The number of hydrogen-bond donors (Lipinski definition) is 3. The fourth-order valence-electron chi connectivity index (χ4n) is 5.43. The lowest BCUT2D eigenvalue weighted by molar-refractivity contribution is 0.336. The van der Waals surface area contributed by atoms with Crippen molar-refractivity contribution in [1.29, 1.82) is 0 Å². The van der Waals surface area contributed by atoms with E-state index in [1.807, 2.05) is 43.3 Å². The van der Waals surface area contributed by atoms with Crippen LogP contribution in [0.2, 0.25) is 0 Å². The SMILES string of the molecule is CCCN(CCNCCN1CCCC1)c1nc(Sc2ccc(S(=O)(=O)Cc3ccccc3)cc2)nc(Nc2cc(C)[nH]n2)c1OC. The Morgan fingerprint density at radius 3 is 2.46 bits per heavy atom. The minimum absolute atomic E-state index is 0.0483. The Morgan fingerprint density at radius 2 is 1.78 bits per heavy atom. The molecule has 3 heterocycles. The van der Waals surface area contributed by atoms with Crippen LogP contribution in [0.25, 0.3) is 0 Å². The summed E-state index contributed by atoms with van der Waals surface area (Å²) in [5, 5.41) is 14.7. The smallest absolute Gasteiger partial charge is 0.204 e. The molecule has 0 aliphatic carbocycles. The van der Waals surface area contributed by atoms with E-state index in [9.17, 15) is 8.42 Å². The molecule has 0 bridgehead atoms. The Bertz CT molecular complexity index is 1640. The second-order valence-electron chi connectivity index (χ2n) is 11.4. The zero-order chi connectivity index (χ0) is 32.4. The summed E-state index contributed by atoms with van der Waals surface area (Å²) in [5.41, 5.74) is 1.67. The van der Waals surface area contributed by atoms with E-state index in [4.69, 9.17) is 14.7 Å². The molecule has 1 aliphatic heterocycles. The highest BCUT2D eigenvalue weighted by atomic mass is 32.2. The molecule has 0 unspecified atom stereocenters. The van der Waals surface area contributed by atoms with Gasteiger partial charge in [0.15, 0.2) is 32.4 Å². The molecule has 3 N–H and O–H groups in total. The maximum atomic E-state index is 13.1. The Balaban J connectivity index is 1.37. The number of sulfone groups is 1. The zero-order valence-corrected chi connectivity index (χ0v) is 28.5. The van der Waals surface area contributed by atoms with Gasteiger partial charge >= 0.3 is 0 Å². The topological polar surface area (TPSA) is 128 Å². The monoisotopic (exact) mass is 664 g/mol. The first kappa shape index (κ1) is 33.7. The maximum Gasteiger partial charge on any atom is 0.204 e. The van der Waals surface area contributed by atoms with Gasteiger partial charge in [-0.15, -0.1) is 0 Å². The third-order valence-corrected chi connectivity index (χ3v) is 10.3. The van der Waals surface area contributed by atoms with Gasteiger partial charge in [-0.3, -0.25) is 5.10 Å². The number of aromatic amines is 1. The first-order chi connectivity index (χ1) is 22.3. The summed E-state index contributed by atoms with van der Waals surface area (Å²) in [7, 11) is -1.86. The first-order valence-corrected chi connectivity index (χ1v) is 18.3. The number of benzene rings is 2. The van der Waals surface area contributed by atoms with Gasteiger partial charge in [0.25, 0.3) is 0 Å². The van der Waals surface area contributed by atoms with Crippen molar-refractivity contribution in [2.45, 2.75) is 53.8 Å². The molecule has 4 aromatic rings. The lowest BCUT2D eigenvalue weighted by Gasteiger charge is -2.26. The number of aromatic nitrogens is 4. The van der Waals surface area contributed by atoms with E-state index < -0.39 is 9.84 Å². The predicted octanol–water partition coefficient (Wildman–Crippen LogP) is 5.29. The standard InChI is InChI=1S/C33H44N8O3S2/c1-4-18-41(22-17-34-16-21-40-19-8-9-20-40)32-30(44-3)31(35-29-23-25(2)38-39-29)36-33(37-32)45-27-12-14-28(15-13-27)46(42,43)24-26-10-6-5-7-11-26/h5-7,10-15,23,34H,4,8-9,16-22,24H2,1-3H3,(H2,35,36,37,38,39). The molecule has 1 saturated heterocycles. The number of nitrogens with zero attached hydrogens (tertiary/aromatic N) is 5. The molecule has 2 aromatic heterocycles. The molecule has 246 valence electrons. The van der Waals surface area contributed by atoms with Crippen molar-refractivity contribution in [3.05, 3.63) is 71.9 Å². The van der Waals surface area contributed by atoms with Crippen molar-refractivity contribution in [2.24, 2.45) is 0 Å². The van der Waals surface area contributed by atoms with Crippen LogP contribution >= 0.6 is 11.8 Å². The average Bonchev–Trinajstić information content (AvgIpc) is 3.72. The highest BCUT2D eigenvalue weighted by Crippen LogP contribution is 2.38. The van der Waals surface area contributed by atoms with Gasteiger partial charge in [-0.25, -0.2) is 18.4 Å². The van der Waals surface area contributed by atoms with Crippen LogP contribution in [0.4, 0.5) is 17.5 Å². The summed E-state index contributed by atoms with van der Waals surface area (Å²) in [6, 6.07) is 18.0. The number of ether oxygens (including phenoxy) is 1. The Kier molecular flexibility index (Phi) is 11.9. The van der Waals surface area contributed by atoms with Crippen molar-refractivity contribution in [3.8, 4) is 5.75 Å². The molecular formula is C33H44N8O3S2. The minimum atomic E-state index is -3.49. The fourth-order valence-corrected chi connectivity index (χ4v) is 7.53.